The molecule has 48 heavy (non-hydrogen) atoms. The average Bonchev–Trinajstić information content (AvgIpc) is 3.78. The molecule has 0 aromatic rings. The van der Waals surface area contributed by atoms with E-state index in [1.165, 1.54) is 22.7 Å². The molecular formula is C34H52N6O7S. The highest BCUT2D eigenvalue weighted by Gasteiger charge is 2.56. The van der Waals surface area contributed by atoms with Gasteiger partial charge in [0.05, 0.1) is 23.8 Å². The van der Waals surface area contributed by atoms with Crippen LogP contribution < -0.4 is 21.3 Å². The predicted molar refractivity (Wildman–Crippen MR) is 183 cm³/mol. The molecule has 4 N–H and O–H groups in total. The number of nitrogens with zero attached hydrogens (tertiary/aromatic N) is 2. The summed E-state index contributed by atoms with van der Waals surface area (Å²) in [7, 11) is 0. The van der Waals surface area contributed by atoms with E-state index in [4.69, 9.17) is 4.74 Å². The van der Waals surface area contributed by atoms with Crippen LogP contribution in [0.4, 0.5) is 4.79 Å². The summed E-state index contributed by atoms with van der Waals surface area (Å²) in [5.74, 6) is -2.80. The van der Waals surface area contributed by atoms with Crippen molar-refractivity contribution in [2.75, 3.05) is 25.4 Å². The van der Waals surface area contributed by atoms with Crippen LogP contribution in [0.5, 0.6) is 0 Å². The van der Waals surface area contributed by atoms with Crippen LogP contribution in [0.15, 0.2) is 17.6 Å². The van der Waals surface area contributed by atoms with E-state index in [0.717, 1.165) is 37.9 Å². The first kappa shape index (κ1) is 37.6. The molecule has 14 heteroatoms. The number of hydrogen-bond donors (Lipinski definition) is 4. The van der Waals surface area contributed by atoms with Gasteiger partial charge in [0, 0.05) is 31.3 Å². The second kappa shape index (κ2) is 16.4. The Kier molecular flexibility index (Phi) is 12.9. The molecule has 0 spiro atoms. The number of carbonyl (C=O) groups excluding carboxylic acids is 6. The highest BCUT2D eigenvalue weighted by atomic mass is 32.2. The van der Waals surface area contributed by atoms with Gasteiger partial charge in [-0.1, -0.05) is 46.1 Å². The van der Waals surface area contributed by atoms with Gasteiger partial charge in [-0.15, -0.1) is 18.3 Å². The lowest BCUT2D eigenvalue weighted by molar-refractivity contribution is -0.144. The number of fused-ring (bicyclic) bond motifs is 1. The molecule has 0 aromatic heterocycles. The minimum Gasteiger partial charge on any atom is -0.370 e. The lowest BCUT2D eigenvalue weighted by atomic mass is 9.83. The van der Waals surface area contributed by atoms with Crippen LogP contribution in [0, 0.1) is 17.8 Å². The lowest BCUT2D eigenvalue weighted by Gasteiger charge is -2.36. The number of Topliss-reactive ketones (excluding diaryl/α,β-unsaturated/α-hetero) is 2. The van der Waals surface area contributed by atoms with Gasteiger partial charge in [0.1, 0.15) is 17.1 Å². The summed E-state index contributed by atoms with van der Waals surface area (Å²) in [5, 5.41) is 11.3. The number of aliphatic imine (C=N–C) groups is 1. The van der Waals surface area contributed by atoms with E-state index < -0.39 is 65.4 Å². The lowest BCUT2D eigenvalue weighted by Crippen LogP contribution is -2.61. The molecule has 0 radical (unpaired) electrons. The van der Waals surface area contributed by atoms with Crippen LogP contribution in [-0.2, 0) is 28.7 Å². The molecule has 4 rings (SSSR count). The molecule has 0 aromatic carbocycles. The Morgan fingerprint density at radius 2 is 1.79 bits per heavy atom. The highest BCUT2D eigenvalue weighted by molar-refractivity contribution is 8.16. The van der Waals surface area contributed by atoms with Gasteiger partial charge in [-0.05, 0) is 51.4 Å². The molecule has 3 fully saturated rings. The van der Waals surface area contributed by atoms with Gasteiger partial charge in [0.2, 0.25) is 23.4 Å². The van der Waals surface area contributed by atoms with E-state index in [-0.39, 0.29) is 43.0 Å². The molecule has 6 atom stereocenters. The van der Waals surface area contributed by atoms with Crippen molar-refractivity contribution in [1.29, 1.82) is 0 Å². The van der Waals surface area contributed by atoms with Gasteiger partial charge in [0.25, 0.3) is 5.91 Å². The fraction of sp³-hybridized carbons (Fsp3) is 0.735. The Bertz CT molecular complexity index is 1300. The number of carbonyl (C=O) groups is 6. The zero-order valence-electron chi connectivity index (χ0n) is 28.8. The third-order valence-electron chi connectivity index (χ3n) is 9.72. The largest absolute Gasteiger partial charge is 0.370 e. The molecule has 2 saturated heterocycles. The van der Waals surface area contributed by atoms with Crippen LogP contribution in [-0.4, -0.2) is 107 Å². The quantitative estimate of drug-likeness (QED) is 0.159. The molecular weight excluding hydrogens is 636 g/mol. The van der Waals surface area contributed by atoms with Gasteiger partial charge < -0.3 is 30.9 Å². The standard InChI is InChI=1S/C34H52N6O7S/c1-7-14-35-30(44)27(41)22(8-2)37-29(43)26-21-17-34(5,6)47-23(21)18-40(26)32(45)25(20-12-10-9-11-13-20)39-33(46)38-24(19(3)4)28(42)31-36-15-16-48-31/h7,19-26H,1,8-18H2,2-6H3,(H,35,44)(H,37,43)(H2,38,39,46)/t21-,22?,23-,24-,25-,26-/m0/s1. The summed E-state index contributed by atoms with van der Waals surface area (Å²) < 4.78 is 6.29. The Morgan fingerprint density at radius 3 is 2.40 bits per heavy atom. The first-order valence-electron chi connectivity index (χ1n) is 17.3. The van der Waals surface area contributed by atoms with Crippen molar-refractivity contribution in [3.8, 4) is 0 Å². The number of rotatable bonds is 14. The van der Waals surface area contributed by atoms with Gasteiger partial charge in [-0.25, -0.2) is 4.79 Å². The van der Waals surface area contributed by atoms with Gasteiger partial charge in [-0.3, -0.25) is 29.0 Å². The van der Waals surface area contributed by atoms with Crippen molar-refractivity contribution in [2.24, 2.45) is 22.7 Å². The Hall–Kier alpha value is -3.26. The fourth-order valence-electron chi connectivity index (χ4n) is 7.36. The molecule has 3 aliphatic heterocycles. The number of nitrogens with one attached hydrogen (secondary N) is 4. The summed E-state index contributed by atoms with van der Waals surface area (Å²) in [6.45, 7) is 13.6. The zero-order valence-corrected chi connectivity index (χ0v) is 29.7. The molecule has 1 aliphatic carbocycles. The van der Waals surface area contributed by atoms with E-state index >= 15 is 0 Å². The van der Waals surface area contributed by atoms with Gasteiger partial charge in [0.15, 0.2) is 0 Å². The first-order chi connectivity index (χ1) is 22.8. The van der Waals surface area contributed by atoms with Crippen molar-refractivity contribution in [1.82, 2.24) is 26.2 Å². The molecule has 1 unspecified atom stereocenters. The SMILES string of the molecule is C=CCNC(=O)C(=O)C(CC)NC(=O)[C@@H]1[C@H]2CC(C)(C)O[C@H]2CN1C(=O)[C@@H](NC(=O)N[C@H](C(=O)C1=NCCS1)C(C)C)C1CCCCC1. The van der Waals surface area contributed by atoms with Crippen molar-refractivity contribution in [2.45, 2.75) is 115 Å². The van der Waals surface area contributed by atoms with Crippen molar-refractivity contribution >= 4 is 52.1 Å². The molecule has 0 bridgehead atoms. The third-order valence-corrected chi connectivity index (χ3v) is 10.7. The molecule has 4 aliphatic rings. The Labute approximate surface area is 287 Å². The number of thioether (sulfide) groups is 1. The highest BCUT2D eigenvalue weighted by Crippen LogP contribution is 2.43. The van der Waals surface area contributed by atoms with E-state index in [1.54, 1.807) is 6.92 Å². The van der Waals surface area contributed by atoms with Crippen LogP contribution in [0.3, 0.4) is 0 Å². The van der Waals surface area contributed by atoms with E-state index in [0.29, 0.717) is 18.0 Å². The topological polar surface area (TPSA) is 175 Å². The molecule has 1 saturated carbocycles. The monoisotopic (exact) mass is 688 g/mol. The first-order valence-corrected chi connectivity index (χ1v) is 18.3. The number of amides is 5. The van der Waals surface area contributed by atoms with Crippen molar-refractivity contribution in [3.05, 3.63) is 12.7 Å². The minimum atomic E-state index is -1.08. The third kappa shape index (κ3) is 8.85. The summed E-state index contributed by atoms with van der Waals surface area (Å²) in [6.07, 6.45) is 6.01. The minimum absolute atomic E-state index is 0.110. The number of hydrogen-bond acceptors (Lipinski definition) is 9. The summed E-state index contributed by atoms with van der Waals surface area (Å²) >= 11 is 1.38. The number of ether oxygens (including phenoxy) is 1. The molecule has 3 heterocycles. The Balaban J connectivity index is 1.57. The maximum absolute atomic E-state index is 14.6. The fourth-order valence-corrected chi connectivity index (χ4v) is 8.19. The summed E-state index contributed by atoms with van der Waals surface area (Å²) in [4.78, 5) is 86.5. The molecule has 5 amide bonds. The van der Waals surface area contributed by atoms with Crippen molar-refractivity contribution < 1.29 is 33.5 Å². The van der Waals surface area contributed by atoms with Crippen molar-refractivity contribution in [3.63, 3.8) is 0 Å². The van der Waals surface area contributed by atoms with Gasteiger partial charge in [-0.2, -0.15) is 0 Å². The summed E-state index contributed by atoms with van der Waals surface area (Å²) in [5.41, 5.74) is -0.519. The van der Waals surface area contributed by atoms with Crippen LogP contribution in [0.2, 0.25) is 0 Å². The summed E-state index contributed by atoms with van der Waals surface area (Å²) in [6, 6.07) is -4.44. The smallest absolute Gasteiger partial charge is 0.316 e. The maximum Gasteiger partial charge on any atom is 0.316 e. The van der Waals surface area contributed by atoms with E-state index in [2.05, 4.69) is 32.8 Å². The Morgan fingerprint density at radius 1 is 1.08 bits per heavy atom. The van der Waals surface area contributed by atoms with E-state index in [1.807, 2.05) is 27.7 Å². The number of likely N-dealkylation sites (tertiary alicyclic amines) is 1. The normalized spacial score (nSPS) is 25.3. The second-order valence-corrected chi connectivity index (χ2v) is 15.3. The van der Waals surface area contributed by atoms with Crippen LogP contribution in [0.25, 0.3) is 0 Å². The molecule has 13 nitrogen and oxygen atoms in total. The van der Waals surface area contributed by atoms with Gasteiger partial charge >= 0.3 is 6.03 Å². The zero-order chi connectivity index (χ0) is 35.2. The second-order valence-electron chi connectivity index (χ2n) is 14.2. The van der Waals surface area contributed by atoms with Crippen LogP contribution >= 0.6 is 11.8 Å². The number of ketones is 2. The predicted octanol–water partition coefficient (Wildman–Crippen LogP) is 2.13. The molecule has 266 valence electrons. The van der Waals surface area contributed by atoms with E-state index in [9.17, 15) is 28.8 Å². The number of urea groups is 1. The average molecular weight is 689 g/mol. The van der Waals surface area contributed by atoms with Crippen LogP contribution in [0.1, 0.15) is 79.6 Å². The maximum atomic E-state index is 14.6.